The zero-order chi connectivity index (χ0) is 14.5. The third-order valence-corrected chi connectivity index (χ3v) is 2.81. The molecule has 0 aliphatic carbocycles. The average Bonchev–Trinajstić information content (AvgIpc) is 2.41. The SMILES string of the molecule is O=C(NCCc1ccc(F)cc1F)c1ccccc1F. The fourth-order valence-electron chi connectivity index (χ4n) is 1.78. The van der Waals surface area contributed by atoms with Crippen molar-refractivity contribution in [1.29, 1.82) is 0 Å². The van der Waals surface area contributed by atoms with Crippen LogP contribution in [0.25, 0.3) is 0 Å². The highest BCUT2D eigenvalue weighted by atomic mass is 19.1. The van der Waals surface area contributed by atoms with Crippen LogP contribution in [0.15, 0.2) is 42.5 Å². The Kier molecular flexibility index (Phi) is 4.40. The first-order chi connectivity index (χ1) is 9.58. The number of carbonyl (C=O) groups excluding carboxylic acids is 1. The molecule has 104 valence electrons. The monoisotopic (exact) mass is 279 g/mol. The third-order valence-electron chi connectivity index (χ3n) is 2.81. The van der Waals surface area contributed by atoms with Crippen molar-refractivity contribution < 1.29 is 18.0 Å². The zero-order valence-electron chi connectivity index (χ0n) is 10.5. The molecule has 0 fully saturated rings. The van der Waals surface area contributed by atoms with Crippen molar-refractivity contribution >= 4 is 5.91 Å². The highest BCUT2D eigenvalue weighted by molar-refractivity contribution is 5.94. The van der Waals surface area contributed by atoms with Gasteiger partial charge in [0.15, 0.2) is 0 Å². The van der Waals surface area contributed by atoms with Crippen molar-refractivity contribution in [3.8, 4) is 0 Å². The average molecular weight is 279 g/mol. The molecule has 0 aromatic heterocycles. The van der Waals surface area contributed by atoms with Crippen LogP contribution < -0.4 is 5.32 Å². The van der Waals surface area contributed by atoms with Crippen LogP contribution in [0.5, 0.6) is 0 Å². The van der Waals surface area contributed by atoms with Crippen LogP contribution in [0.3, 0.4) is 0 Å². The van der Waals surface area contributed by atoms with Crippen LogP contribution >= 0.6 is 0 Å². The second kappa shape index (κ2) is 6.23. The van der Waals surface area contributed by atoms with Crippen LogP contribution in [-0.4, -0.2) is 12.5 Å². The molecule has 20 heavy (non-hydrogen) atoms. The maximum absolute atomic E-state index is 13.3. The van der Waals surface area contributed by atoms with Gasteiger partial charge in [-0.05, 0) is 30.2 Å². The van der Waals surface area contributed by atoms with E-state index in [2.05, 4.69) is 5.32 Å². The summed E-state index contributed by atoms with van der Waals surface area (Å²) in [5.74, 6) is -2.49. The maximum atomic E-state index is 13.3. The second-order valence-corrected chi connectivity index (χ2v) is 4.22. The van der Waals surface area contributed by atoms with Gasteiger partial charge >= 0.3 is 0 Å². The Labute approximate surface area is 114 Å². The molecule has 0 aliphatic heterocycles. The van der Waals surface area contributed by atoms with Crippen molar-refractivity contribution in [3.63, 3.8) is 0 Å². The largest absolute Gasteiger partial charge is 0.352 e. The molecular weight excluding hydrogens is 267 g/mol. The van der Waals surface area contributed by atoms with Gasteiger partial charge in [-0.2, -0.15) is 0 Å². The Morgan fingerprint density at radius 2 is 1.75 bits per heavy atom. The van der Waals surface area contributed by atoms with Crippen LogP contribution in [0.2, 0.25) is 0 Å². The Hall–Kier alpha value is -2.30. The van der Waals surface area contributed by atoms with Gasteiger partial charge in [0.25, 0.3) is 5.91 Å². The predicted molar refractivity (Wildman–Crippen MR) is 68.8 cm³/mol. The van der Waals surface area contributed by atoms with E-state index in [9.17, 15) is 18.0 Å². The van der Waals surface area contributed by atoms with E-state index in [4.69, 9.17) is 0 Å². The minimum atomic E-state index is -0.662. The van der Waals surface area contributed by atoms with Gasteiger partial charge < -0.3 is 5.32 Å². The molecule has 2 nitrogen and oxygen atoms in total. The summed E-state index contributed by atoms with van der Waals surface area (Å²) in [6.07, 6.45) is 0.201. The molecule has 2 aromatic rings. The molecule has 2 rings (SSSR count). The fourth-order valence-corrected chi connectivity index (χ4v) is 1.78. The van der Waals surface area contributed by atoms with E-state index in [0.717, 1.165) is 12.1 Å². The molecular formula is C15H12F3NO. The van der Waals surface area contributed by atoms with Crippen molar-refractivity contribution in [3.05, 3.63) is 71.0 Å². The lowest BCUT2D eigenvalue weighted by Crippen LogP contribution is -2.26. The quantitative estimate of drug-likeness (QED) is 0.915. The van der Waals surface area contributed by atoms with E-state index in [-0.39, 0.29) is 18.5 Å². The van der Waals surface area contributed by atoms with Crippen molar-refractivity contribution in [2.75, 3.05) is 6.54 Å². The molecule has 0 atom stereocenters. The first-order valence-corrected chi connectivity index (χ1v) is 6.04. The minimum absolute atomic E-state index is 0.0629. The highest BCUT2D eigenvalue weighted by Crippen LogP contribution is 2.10. The summed E-state index contributed by atoms with van der Waals surface area (Å²) in [6.45, 7) is 0.135. The summed E-state index contributed by atoms with van der Waals surface area (Å²) in [6, 6.07) is 8.85. The molecule has 0 radical (unpaired) electrons. The normalized spacial score (nSPS) is 10.3. The Bertz CT molecular complexity index is 628. The number of benzene rings is 2. The lowest BCUT2D eigenvalue weighted by atomic mass is 10.1. The lowest BCUT2D eigenvalue weighted by Gasteiger charge is -2.07. The number of hydrogen-bond acceptors (Lipinski definition) is 1. The van der Waals surface area contributed by atoms with Gasteiger partial charge in [-0.15, -0.1) is 0 Å². The van der Waals surface area contributed by atoms with Crippen LogP contribution in [0.4, 0.5) is 13.2 Å². The van der Waals surface area contributed by atoms with E-state index in [1.165, 1.54) is 24.3 Å². The van der Waals surface area contributed by atoms with Gasteiger partial charge in [0, 0.05) is 12.6 Å². The fraction of sp³-hybridized carbons (Fsp3) is 0.133. The standard InChI is InChI=1S/C15H12F3NO/c16-11-6-5-10(14(18)9-11)7-8-19-15(20)12-3-1-2-4-13(12)17/h1-6,9H,7-8H2,(H,19,20). The van der Waals surface area contributed by atoms with Crippen molar-refractivity contribution in [2.45, 2.75) is 6.42 Å². The van der Waals surface area contributed by atoms with Gasteiger partial charge in [-0.1, -0.05) is 18.2 Å². The van der Waals surface area contributed by atoms with Gasteiger partial charge in [0.1, 0.15) is 17.5 Å². The van der Waals surface area contributed by atoms with Crippen LogP contribution in [0, 0.1) is 17.5 Å². The molecule has 0 saturated heterocycles. The van der Waals surface area contributed by atoms with Crippen molar-refractivity contribution in [2.24, 2.45) is 0 Å². The van der Waals surface area contributed by atoms with E-state index in [0.29, 0.717) is 5.56 Å². The number of hydrogen-bond donors (Lipinski definition) is 1. The smallest absolute Gasteiger partial charge is 0.254 e. The van der Waals surface area contributed by atoms with Crippen LogP contribution in [0.1, 0.15) is 15.9 Å². The predicted octanol–water partition coefficient (Wildman–Crippen LogP) is 3.08. The number of amides is 1. The molecule has 2 aromatic carbocycles. The lowest BCUT2D eigenvalue weighted by molar-refractivity contribution is 0.0950. The molecule has 0 aliphatic rings. The molecule has 0 heterocycles. The highest BCUT2D eigenvalue weighted by Gasteiger charge is 2.10. The summed E-state index contributed by atoms with van der Waals surface area (Å²) in [5.41, 5.74) is 0.229. The van der Waals surface area contributed by atoms with E-state index >= 15 is 0 Å². The summed E-state index contributed by atoms with van der Waals surface area (Å²) in [4.78, 5) is 11.7. The maximum Gasteiger partial charge on any atom is 0.254 e. The first kappa shape index (κ1) is 14.1. The molecule has 0 bridgehead atoms. The molecule has 0 unspecified atom stereocenters. The van der Waals surface area contributed by atoms with Gasteiger partial charge in [-0.25, -0.2) is 13.2 Å². The zero-order valence-corrected chi connectivity index (χ0v) is 10.5. The molecule has 1 amide bonds. The molecule has 1 N–H and O–H groups in total. The van der Waals surface area contributed by atoms with Gasteiger partial charge in [-0.3, -0.25) is 4.79 Å². The Morgan fingerprint density at radius 1 is 1.00 bits per heavy atom. The first-order valence-electron chi connectivity index (χ1n) is 6.04. The Morgan fingerprint density at radius 3 is 2.45 bits per heavy atom. The van der Waals surface area contributed by atoms with E-state index in [1.54, 1.807) is 6.07 Å². The number of nitrogens with one attached hydrogen (secondary N) is 1. The number of halogens is 3. The summed E-state index contributed by atoms with van der Waals surface area (Å²) < 4.78 is 39.4. The van der Waals surface area contributed by atoms with Crippen molar-refractivity contribution in [1.82, 2.24) is 5.32 Å². The molecule has 5 heteroatoms. The number of carbonyl (C=O) groups is 1. The second-order valence-electron chi connectivity index (χ2n) is 4.22. The van der Waals surface area contributed by atoms with E-state index in [1.807, 2.05) is 0 Å². The third kappa shape index (κ3) is 3.38. The van der Waals surface area contributed by atoms with E-state index < -0.39 is 23.4 Å². The topological polar surface area (TPSA) is 29.1 Å². The van der Waals surface area contributed by atoms with Gasteiger partial charge in [0.2, 0.25) is 0 Å². The summed E-state index contributed by atoms with van der Waals surface area (Å²) in [5, 5.41) is 2.49. The minimum Gasteiger partial charge on any atom is -0.352 e. The molecule has 0 saturated carbocycles. The summed E-state index contributed by atoms with van der Waals surface area (Å²) in [7, 11) is 0. The van der Waals surface area contributed by atoms with Gasteiger partial charge in [0.05, 0.1) is 5.56 Å². The summed E-state index contributed by atoms with van der Waals surface area (Å²) >= 11 is 0. The van der Waals surface area contributed by atoms with Crippen LogP contribution in [-0.2, 0) is 6.42 Å². The molecule has 0 spiro atoms. The Balaban J connectivity index is 1.93. The number of rotatable bonds is 4.